The molecule has 0 radical (unpaired) electrons. The fourth-order valence-electron chi connectivity index (χ4n) is 5.29. The molecule has 15 heteroatoms. The quantitative estimate of drug-likeness (QED) is 0.110. The number of nitrogens with one attached hydrogen (secondary N) is 3. The van der Waals surface area contributed by atoms with E-state index in [-0.39, 0.29) is 31.4 Å². The van der Waals surface area contributed by atoms with Crippen LogP contribution in [0.15, 0.2) is 24.3 Å². The van der Waals surface area contributed by atoms with Gasteiger partial charge in [0.25, 0.3) is 11.8 Å². The molecule has 6 N–H and O–H groups in total. The van der Waals surface area contributed by atoms with Crippen LogP contribution in [-0.4, -0.2) is 163 Å². The van der Waals surface area contributed by atoms with E-state index in [2.05, 4.69) is 34.7 Å². The van der Waals surface area contributed by atoms with Crippen LogP contribution in [0.5, 0.6) is 0 Å². The molecule has 1 aromatic rings. The van der Waals surface area contributed by atoms with Crippen LogP contribution in [0.4, 0.5) is 0 Å². The van der Waals surface area contributed by atoms with Crippen LogP contribution in [0, 0.1) is 5.92 Å². The van der Waals surface area contributed by atoms with Crippen LogP contribution in [0.3, 0.4) is 0 Å². The summed E-state index contributed by atoms with van der Waals surface area (Å²) in [5.41, 5.74) is 1.01. The zero-order chi connectivity index (χ0) is 35.3. The molecule has 1 saturated heterocycles. The van der Waals surface area contributed by atoms with E-state index in [9.17, 15) is 39.3 Å². The van der Waals surface area contributed by atoms with Gasteiger partial charge in [-0.2, -0.15) is 0 Å². The van der Waals surface area contributed by atoms with E-state index in [1.54, 1.807) is 39.0 Å². The van der Waals surface area contributed by atoms with Gasteiger partial charge in [-0.15, -0.1) is 0 Å². The van der Waals surface area contributed by atoms with Crippen molar-refractivity contribution in [2.24, 2.45) is 5.92 Å². The zero-order valence-electron chi connectivity index (χ0n) is 28.5. The second-order valence-corrected chi connectivity index (χ2v) is 12.6. The minimum atomic E-state index is -0.990. The Bertz CT molecular complexity index is 1120. The molecule has 0 spiro atoms. The molecule has 15 nitrogen and oxygen atoms in total. The summed E-state index contributed by atoms with van der Waals surface area (Å²) in [6, 6.07) is 6.62. The van der Waals surface area contributed by atoms with Crippen molar-refractivity contribution >= 4 is 29.7 Å². The van der Waals surface area contributed by atoms with E-state index < -0.39 is 17.9 Å². The highest BCUT2D eigenvalue weighted by molar-refractivity contribution is 5.97. The number of hydrogen-bond acceptors (Lipinski definition) is 10. The molecule has 1 heterocycles. The highest BCUT2D eigenvalue weighted by atomic mass is 16.4. The Kier molecular flexibility index (Phi) is 19.3. The number of aliphatic carboxylic acids is 3. The van der Waals surface area contributed by atoms with E-state index in [1.165, 1.54) is 0 Å². The second-order valence-electron chi connectivity index (χ2n) is 12.6. The van der Waals surface area contributed by atoms with Gasteiger partial charge in [-0.1, -0.05) is 13.8 Å². The molecule has 1 fully saturated rings. The average Bonchev–Trinajstić information content (AvgIpc) is 3.02. The van der Waals surface area contributed by atoms with Crippen molar-refractivity contribution in [3.05, 3.63) is 35.4 Å². The summed E-state index contributed by atoms with van der Waals surface area (Å²) in [6.07, 6.45) is 3.54. The molecule has 48 heavy (non-hydrogen) atoms. The average molecular weight is 678 g/mol. The second kappa shape index (κ2) is 22.9. The summed E-state index contributed by atoms with van der Waals surface area (Å²) < 4.78 is 0. The van der Waals surface area contributed by atoms with Gasteiger partial charge in [0.2, 0.25) is 0 Å². The molecule has 270 valence electrons. The van der Waals surface area contributed by atoms with E-state index in [0.29, 0.717) is 95.7 Å². The molecule has 1 aliphatic rings. The Morgan fingerprint density at radius 3 is 1.31 bits per heavy atom. The molecule has 1 aliphatic heterocycles. The first kappa shape index (κ1) is 40.5. The number of benzene rings is 1. The molecule has 0 atom stereocenters. The van der Waals surface area contributed by atoms with Crippen molar-refractivity contribution < 1.29 is 39.3 Å². The highest BCUT2D eigenvalue weighted by Gasteiger charge is 2.20. The van der Waals surface area contributed by atoms with Crippen LogP contribution < -0.4 is 16.0 Å². The first-order chi connectivity index (χ1) is 22.9. The van der Waals surface area contributed by atoms with Crippen molar-refractivity contribution in [3.8, 4) is 0 Å². The molecular weight excluding hydrogens is 622 g/mol. The smallest absolute Gasteiger partial charge is 0.317 e. The van der Waals surface area contributed by atoms with Crippen molar-refractivity contribution in [2.75, 3.05) is 98.3 Å². The number of amides is 2. The van der Waals surface area contributed by atoms with E-state index in [4.69, 9.17) is 0 Å². The fourth-order valence-corrected chi connectivity index (χ4v) is 5.29. The molecule has 0 aliphatic carbocycles. The molecular formula is C33H55N7O8. The number of rotatable bonds is 19. The summed E-state index contributed by atoms with van der Waals surface area (Å²) in [4.78, 5) is 66.6. The number of nitrogens with zero attached hydrogens (tertiary/aromatic N) is 4. The third kappa shape index (κ3) is 18.1. The molecule has 1 aromatic carbocycles. The number of carboxylic acids is 3. The van der Waals surface area contributed by atoms with E-state index in [1.807, 2.05) is 0 Å². The van der Waals surface area contributed by atoms with Crippen LogP contribution in [0.25, 0.3) is 0 Å². The monoisotopic (exact) mass is 677 g/mol. The van der Waals surface area contributed by atoms with Gasteiger partial charge in [0.1, 0.15) is 0 Å². The standard InChI is InChI=1S/C33H55N7O8/c1-26(2)6-5-13-36-33(48)28-9-7-27(8-10-28)32(47)35-12-4-3-11-34-25-40-20-18-38(23-30(43)44)16-14-37(22-29(41)42)15-17-39(19-21-40)24-31(45)46/h7-10,26,34H,3-6,11-25H2,1-2H3,(H,35,47)(H,36,48)(H,41,42)(H,43,44)(H,45,46). The number of carbonyl (C=O) groups excluding carboxylic acids is 2. The number of carbonyl (C=O) groups is 5. The molecule has 2 rings (SSSR count). The Labute approximate surface area is 283 Å². The molecule has 2 amide bonds. The molecule has 0 aromatic heterocycles. The predicted octanol–water partition coefficient (Wildman–Crippen LogP) is 0.385. The first-order valence-corrected chi connectivity index (χ1v) is 16.8. The van der Waals surface area contributed by atoms with Crippen molar-refractivity contribution in [1.29, 1.82) is 0 Å². The Morgan fingerprint density at radius 2 is 0.938 bits per heavy atom. The van der Waals surface area contributed by atoms with Crippen LogP contribution >= 0.6 is 0 Å². The van der Waals surface area contributed by atoms with E-state index >= 15 is 0 Å². The van der Waals surface area contributed by atoms with Gasteiger partial charge in [-0.25, -0.2) is 0 Å². The Hall–Kier alpha value is -3.63. The summed E-state index contributed by atoms with van der Waals surface area (Å²) in [7, 11) is 0. The minimum Gasteiger partial charge on any atom is -0.480 e. The maximum atomic E-state index is 12.6. The van der Waals surface area contributed by atoms with Gasteiger partial charge in [0.05, 0.1) is 19.6 Å². The Morgan fingerprint density at radius 1 is 0.583 bits per heavy atom. The van der Waals surface area contributed by atoms with Gasteiger partial charge in [0.15, 0.2) is 0 Å². The maximum absolute atomic E-state index is 12.6. The minimum absolute atomic E-state index is 0.148. The summed E-state index contributed by atoms with van der Waals surface area (Å²) >= 11 is 0. The summed E-state index contributed by atoms with van der Waals surface area (Å²) in [6.45, 7) is 9.62. The number of carboxylic acid groups (broad SMARTS) is 3. The van der Waals surface area contributed by atoms with Gasteiger partial charge in [0, 0.05) is 83.2 Å². The summed E-state index contributed by atoms with van der Waals surface area (Å²) in [5.74, 6) is -2.65. The Balaban J connectivity index is 1.78. The molecule has 0 unspecified atom stereocenters. The lowest BCUT2D eigenvalue weighted by Gasteiger charge is -2.33. The fraction of sp³-hybridized carbons (Fsp3) is 0.667. The lowest BCUT2D eigenvalue weighted by atomic mass is 10.1. The number of unbranched alkanes of at least 4 members (excludes halogenated alkanes) is 1. The van der Waals surface area contributed by atoms with Crippen molar-refractivity contribution in [2.45, 2.75) is 39.5 Å². The largest absolute Gasteiger partial charge is 0.480 e. The van der Waals surface area contributed by atoms with Gasteiger partial charge < -0.3 is 31.3 Å². The van der Waals surface area contributed by atoms with Crippen LogP contribution in [0.2, 0.25) is 0 Å². The van der Waals surface area contributed by atoms with Gasteiger partial charge in [-0.3, -0.25) is 43.6 Å². The lowest BCUT2D eigenvalue weighted by Crippen LogP contribution is -2.49. The zero-order valence-corrected chi connectivity index (χ0v) is 28.5. The molecule has 0 bridgehead atoms. The van der Waals surface area contributed by atoms with Crippen LogP contribution in [-0.2, 0) is 14.4 Å². The first-order valence-electron chi connectivity index (χ1n) is 16.8. The van der Waals surface area contributed by atoms with Crippen molar-refractivity contribution in [3.63, 3.8) is 0 Å². The SMILES string of the molecule is CC(C)CCCNC(=O)c1ccc(C(=O)NCCCCNCN2CCN(CC(=O)O)CCN(CC(=O)O)CCN(CC(=O)O)CC2)cc1. The normalized spacial score (nSPS) is 16.1. The number of hydrogen-bond donors (Lipinski definition) is 6. The third-order valence-corrected chi connectivity index (χ3v) is 8.06. The summed E-state index contributed by atoms with van der Waals surface area (Å²) in [5, 5.41) is 37.3. The maximum Gasteiger partial charge on any atom is 0.317 e. The van der Waals surface area contributed by atoms with E-state index in [0.717, 1.165) is 25.7 Å². The highest BCUT2D eigenvalue weighted by Crippen LogP contribution is 2.06. The van der Waals surface area contributed by atoms with Crippen molar-refractivity contribution in [1.82, 2.24) is 35.6 Å². The topological polar surface area (TPSA) is 195 Å². The van der Waals surface area contributed by atoms with Gasteiger partial charge in [-0.05, 0) is 62.4 Å². The van der Waals surface area contributed by atoms with Gasteiger partial charge >= 0.3 is 17.9 Å². The predicted molar refractivity (Wildman–Crippen MR) is 181 cm³/mol. The van der Waals surface area contributed by atoms with Crippen LogP contribution in [0.1, 0.15) is 60.2 Å². The molecule has 0 saturated carbocycles. The third-order valence-electron chi connectivity index (χ3n) is 8.06. The lowest BCUT2D eigenvalue weighted by molar-refractivity contribution is -0.140.